The van der Waals surface area contributed by atoms with Crippen molar-refractivity contribution >= 4 is 16.7 Å². The topological polar surface area (TPSA) is 94.6 Å². The van der Waals surface area contributed by atoms with E-state index < -0.39 is 0 Å². The lowest BCUT2D eigenvalue weighted by atomic mass is 10.1. The summed E-state index contributed by atoms with van der Waals surface area (Å²) >= 11 is 0. The molecule has 146 valence electrons. The molecule has 0 saturated carbocycles. The predicted octanol–water partition coefficient (Wildman–Crippen LogP) is 1.24. The van der Waals surface area contributed by atoms with Gasteiger partial charge in [0.2, 0.25) is 0 Å². The number of H-pyrrole nitrogens is 1. The zero-order valence-electron chi connectivity index (χ0n) is 16.0. The van der Waals surface area contributed by atoms with Crippen LogP contribution in [-0.4, -0.2) is 65.3 Å². The second-order valence-corrected chi connectivity index (χ2v) is 6.94. The fourth-order valence-electron chi connectivity index (χ4n) is 3.43. The molecule has 1 saturated heterocycles. The van der Waals surface area contributed by atoms with Gasteiger partial charge in [-0.15, -0.1) is 0 Å². The molecule has 28 heavy (non-hydrogen) atoms. The molecule has 2 aromatic heterocycles. The van der Waals surface area contributed by atoms with Crippen molar-refractivity contribution in [2.24, 2.45) is 0 Å². The predicted molar refractivity (Wildman–Crippen MR) is 108 cm³/mol. The molecule has 0 amide bonds. The van der Waals surface area contributed by atoms with Gasteiger partial charge in [0.15, 0.2) is 5.82 Å². The van der Waals surface area contributed by atoms with Crippen molar-refractivity contribution in [3.63, 3.8) is 0 Å². The molecule has 0 aliphatic carbocycles. The Morgan fingerprint density at radius 1 is 1.18 bits per heavy atom. The Hall–Kier alpha value is -2.97. The average Bonchev–Trinajstić information content (AvgIpc) is 2.73. The number of fused-ring (bicyclic) bond motifs is 1. The molecule has 8 heteroatoms. The number of methoxy groups -OCH3 is 1. The molecular weight excluding hydrogens is 358 g/mol. The summed E-state index contributed by atoms with van der Waals surface area (Å²) < 4.78 is 5.31. The van der Waals surface area contributed by atoms with Crippen LogP contribution < -0.4 is 15.2 Å². The summed E-state index contributed by atoms with van der Waals surface area (Å²) in [5.41, 5.74) is 1.40. The summed E-state index contributed by atoms with van der Waals surface area (Å²) in [6.45, 7) is 3.63. The third-order valence-electron chi connectivity index (χ3n) is 5.04. The summed E-state index contributed by atoms with van der Waals surface area (Å²) in [6.07, 6.45) is 0. The SMILES string of the molecule is COc1cc(CO)cc2nc(-c3cccc(N4CCN(C)CC4)n3)[nH]c(=O)c12. The number of aromatic amines is 1. The van der Waals surface area contributed by atoms with Crippen LogP contribution in [0, 0.1) is 0 Å². The first-order valence-electron chi connectivity index (χ1n) is 9.22. The van der Waals surface area contributed by atoms with Crippen molar-refractivity contribution in [3.05, 3.63) is 46.2 Å². The van der Waals surface area contributed by atoms with Crippen molar-refractivity contribution in [1.29, 1.82) is 0 Å². The van der Waals surface area contributed by atoms with Gasteiger partial charge in [0.05, 0.1) is 19.2 Å². The Bertz CT molecular complexity index is 1060. The lowest BCUT2D eigenvalue weighted by Gasteiger charge is -2.33. The molecule has 2 N–H and O–H groups in total. The highest BCUT2D eigenvalue weighted by Crippen LogP contribution is 2.25. The van der Waals surface area contributed by atoms with Crippen molar-refractivity contribution in [1.82, 2.24) is 19.9 Å². The summed E-state index contributed by atoms with van der Waals surface area (Å²) in [5, 5.41) is 9.84. The van der Waals surface area contributed by atoms with Crippen molar-refractivity contribution in [2.45, 2.75) is 6.61 Å². The van der Waals surface area contributed by atoms with Crippen LogP contribution in [0.1, 0.15) is 5.56 Å². The second-order valence-electron chi connectivity index (χ2n) is 6.94. The van der Waals surface area contributed by atoms with E-state index in [-0.39, 0.29) is 12.2 Å². The van der Waals surface area contributed by atoms with Gasteiger partial charge in [-0.05, 0) is 36.9 Å². The summed E-state index contributed by atoms with van der Waals surface area (Å²) in [7, 11) is 3.60. The number of ether oxygens (including phenoxy) is 1. The Morgan fingerprint density at radius 2 is 1.96 bits per heavy atom. The molecule has 1 aromatic carbocycles. The Kier molecular flexibility index (Phi) is 4.97. The van der Waals surface area contributed by atoms with Crippen molar-refractivity contribution < 1.29 is 9.84 Å². The molecule has 0 unspecified atom stereocenters. The molecule has 1 fully saturated rings. The maximum absolute atomic E-state index is 12.7. The number of hydrogen-bond acceptors (Lipinski definition) is 7. The van der Waals surface area contributed by atoms with Crippen LogP contribution in [0.25, 0.3) is 22.4 Å². The number of piperazine rings is 1. The molecule has 0 spiro atoms. The molecule has 8 nitrogen and oxygen atoms in total. The number of likely N-dealkylation sites (N-methyl/N-ethyl adjacent to an activating group) is 1. The van der Waals surface area contributed by atoms with Crippen LogP contribution in [0.15, 0.2) is 35.1 Å². The first-order valence-corrected chi connectivity index (χ1v) is 9.22. The number of nitrogens with one attached hydrogen (secondary N) is 1. The summed E-state index contributed by atoms with van der Waals surface area (Å²) in [5.74, 6) is 1.65. The number of nitrogens with zero attached hydrogens (tertiary/aromatic N) is 4. The zero-order valence-corrected chi connectivity index (χ0v) is 16.0. The third-order valence-corrected chi connectivity index (χ3v) is 5.04. The van der Waals surface area contributed by atoms with E-state index in [0.29, 0.717) is 33.7 Å². The number of aromatic nitrogens is 3. The monoisotopic (exact) mass is 381 g/mol. The number of rotatable bonds is 4. The minimum atomic E-state index is -0.298. The Balaban J connectivity index is 1.77. The highest BCUT2D eigenvalue weighted by Gasteiger charge is 2.17. The van der Waals surface area contributed by atoms with Gasteiger partial charge < -0.3 is 24.6 Å². The van der Waals surface area contributed by atoms with E-state index in [4.69, 9.17) is 9.72 Å². The second kappa shape index (κ2) is 7.57. The van der Waals surface area contributed by atoms with Crippen LogP contribution in [-0.2, 0) is 6.61 Å². The van der Waals surface area contributed by atoms with Gasteiger partial charge in [0.1, 0.15) is 22.6 Å². The molecule has 0 radical (unpaired) electrons. The number of aliphatic hydroxyl groups is 1. The first kappa shape index (κ1) is 18.4. The number of anilines is 1. The van der Waals surface area contributed by atoms with Crippen LogP contribution in [0.4, 0.5) is 5.82 Å². The largest absolute Gasteiger partial charge is 0.496 e. The van der Waals surface area contributed by atoms with Gasteiger partial charge >= 0.3 is 0 Å². The molecule has 0 bridgehead atoms. The fourth-order valence-corrected chi connectivity index (χ4v) is 3.43. The smallest absolute Gasteiger partial charge is 0.262 e. The number of aliphatic hydroxyl groups excluding tert-OH is 1. The highest BCUT2D eigenvalue weighted by molar-refractivity contribution is 5.86. The summed E-state index contributed by atoms with van der Waals surface area (Å²) in [6, 6.07) is 9.06. The van der Waals surface area contributed by atoms with Gasteiger partial charge in [-0.3, -0.25) is 4.79 Å². The van der Waals surface area contributed by atoms with E-state index in [1.807, 2.05) is 18.2 Å². The molecule has 1 aliphatic rings. The Morgan fingerprint density at radius 3 is 2.68 bits per heavy atom. The molecule has 4 rings (SSSR count). The van der Waals surface area contributed by atoms with Crippen LogP contribution in [0.3, 0.4) is 0 Å². The zero-order chi connectivity index (χ0) is 19.7. The quantitative estimate of drug-likeness (QED) is 0.702. The van der Waals surface area contributed by atoms with Crippen molar-refractivity contribution in [3.8, 4) is 17.3 Å². The van der Waals surface area contributed by atoms with E-state index in [2.05, 4.69) is 26.8 Å². The van der Waals surface area contributed by atoms with E-state index in [1.54, 1.807) is 12.1 Å². The number of hydrogen-bond donors (Lipinski definition) is 2. The molecule has 0 atom stereocenters. The molecule has 3 aromatic rings. The van der Waals surface area contributed by atoms with Gasteiger partial charge in [-0.1, -0.05) is 6.07 Å². The fraction of sp³-hybridized carbons (Fsp3) is 0.350. The Labute approximate surface area is 162 Å². The highest BCUT2D eigenvalue weighted by atomic mass is 16.5. The number of benzene rings is 1. The van der Waals surface area contributed by atoms with E-state index in [1.165, 1.54) is 7.11 Å². The maximum Gasteiger partial charge on any atom is 0.262 e. The molecular formula is C20H23N5O3. The van der Waals surface area contributed by atoms with Crippen LogP contribution in [0.5, 0.6) is 5.75 Å². The van der Waals surface area contributed by atoms with E-state index >= 15 is 0 Å². The molecule has 1 aliphatic heterocycles. The number of pyridine rings is 1. The van der Waals surface area contributed by atoms with E-state index in [0.717, 1.165) is 32.0 Å². The van der Waals surface area contributed by atoms with Crippen LogP contribution >= 0.6 is 0 Å². The van der Waals surface area contributed by atoms with E-state index in [9.17, 15) is 9.90 Å². The summed E-state index contributed by atoms with van der Waals surface area (Å²) in [4.78, 5) is 29.3. The van der Waals surface area contributed by atoms with Crippen molar-refractivity contribution in [2.75, 3.05) is 45.2 Å². The van der Waals surface area contributed by atoms with Gasteiger partial charge in [0, 0.05) is 26.2 Å². The third kappa shape index (κ3) is 3.44. The van der Waals surface area contributed by atoms with Gasteiger partial charge in [0.25, 0.3) is 5.56 Å². The molecule has 3 heterocycles. The standard InChI is InChI=1S/C20H23N5O3/c1-24-6-8-25(9-7-24)17-5-3-4-14(21-17)19-22-15-10-13(12-26)11-16(28-2)18(15)20(27)23-19/h3-5,10-11,26H,6-9,12H2,1-2H3,(H,22,23,27). The van der Waals surface area contributed by atoms with Gasteiger partial charge in [-0.25, -0.2) is 9.97 Å². The lowest BCUT2D eigenvalue weighted by molar-refractivity contribution is 0.281. The maximum atomic E-state index is 12.7. The average molecular weight is 381 g/mol. The van der Waals surface area contributed by atoms with Crippen LogP contribution in [0.2, 0.25) is 0 Å². The minimum Gasteiger partial charge on any atom is -0.496 e. The van der Waals surface area contributed by atoms with Gasteiger partial charge in [-0.2, -0.15) is 0 Å². The lowest BCUT2D eigenvalue weighted by Crippen LogP contribution is -2.44. The first-order chi connectivity index (χ1) is 13.6. The minimum absolute atomic E-state index is 0.159. The normalized spacial score (nSPS) is 15.2.